The SMILES string of the molecule is CCC(=O)C1(c2ccccc2Sc2ccccc2)CCNCC1.Cl. The first-order valence-corrected chi connectivity index (χ1v) is 9.14. The summed E-state index contributed by atoms with van der Waals surface area (Å²) in [7, 11) is 0. The Labute approximate surface area is 154 Å². The van der Waals surface area contributed by atoms with Crippen LogP contribution in [0.3, 0.4) is 0 Å². The summed E-state index contributed by atoms with van der Waals surface area (Å²) in [5, 5.41) is 3.40. The third-order valence-corrected chi connectivity index (χ3v) is 5.77. The zero-order valence-electron chi connectivity index (χ0n) is 14.0. The van der Waals surface area contributed by atoms with E-state index in [0.717, 1.165) is 25.9 Å². The molecule has 0 unspecified atom stereocenters. The van der Waals surface area contributed by atoms with Gasteiger partial charge in [-0.1, -0.05) is 55.1 Å². The molecule has 2 nitrogen and oxygen atoms in total. The fourth-order valence-electron chi connectivity index (χ4n) is 3.46. The maximum absolute atomic E-state index is 12.9. The van der Waals surface area contributed by atoms with E-state index in [9.17, 15) is 4.79 Å². The molecule has 0 spiro atoms. The van der Waals surface area contributed by atoms with Crippen molar-refractivity contribution in [1.29, 1.82) is 0 Å². The topological polar surface area (TPSA) is 29.1 Å². The molecule has 0 aromatic heterocycles. The molecular weight excluding hydrogens is 338 g/mol. The minimum absolute atomic E-state index is 0. The summed E-state index contributed by atoms with van der Waals surface area (Å²) in [5.41, 5.74) is 0.889. The van der Waals surface area contributed by atoms with Crippen molar-refractivity contribution in [2.45, 2.75) is 41.4 Å². The van der Waals surface area contributed by atoms with Crippen LogP contribution in [0.25, 0.3) is 0 Å². The Kier molecular flexibility index (Phi) is 6.90. The molecule has 0 bridgehead atoms. The van der Waals surface area contributed by atoms with E-state index in [0.29, 0.717) is 12.2 Å². The maximum atomic E-state index is 12.9. The number of benzene rings is 2. The molecule has 2 aromatic carbocycles. The minimum Gasteiger partial charge on any atom is -0.317 e. The number of carbonyl (C=O) groups is 1. The van der Waals surface area contributed by atoms with Gasteiger partial charge in [-0.2, -0.15) is 0 Å². The summed E-state index contributed by atoms with van der Waals surface area (Å²) < 4.78 is 0. The van der Waals surface area contributed by atoms with E-state index in [-0.39, 0.29) is 17.8 Å². The fraction of sp³-hybridized carbons (Fsp3) is 0.350. The molecule has 3 rings (SSSR count). The zero-order valence-corrected chi connectivity index (χ0v) is 15.6. The van der Waals surface area contributed by atoms with Gasteiger partial charge in [0.2, 0.25) is 0 Å². The first kappa shape index (κ1) is 19.0. The molecule has 1 N–H and O–H groups in total. The van der Waals surface area contributed by atoms with E-state index in [1.54, 1.807) is 11.8 Å². The predicted octanol–water partition coefficient (Wildman–Crippen LogP) is 4.86. The van der Waals surface area contributed by atoms with Gasteiger partial charge in [0.25, 0.3) is 0 Å². The lowest BCUT2D eigenvalue weighted by molar-refractivity contribution is -0.125. The highest BCUT2D eigenvalue weighted by Gasteiger charge is 2.41. The van der Waals surface area contributed by atoms with E-state index in [4.69, 9.17) is 0 Å². The van der Waals surface area contributed by atoms with Crippen molar-refractivity contribution in [3.8, 4) is 0 Å². The van der Waals surface area contributed by atoms with Crippen LogP contribution in [0.4, 0.5) is 0 Å². The second-order valence-corrected chi connectivity index (χ2v) is 7.14. The van der Waals surface area contributed by atoms with Crippen molar-refractivity contribution in [2.75, 3.05) is 13.1 Å². The van der Waals surface area contributed by atoms with Crippen LogP contribution < -0.4 is 5.32 Å². The van der Waals surface area contributed by atoms with Crippen LogP contribution >= 0.6 is 24.2 Å². The molecule has 0 radical (unpaired) electrons. The molecule has 0 saturated carbocycles. The molecule has 0 amide bonds. The molecule has 0 aliphatic carbocycles. The Bertz CT molecular complexity index is 668. The summed E-state index contributed by atoms with van der Waals surface area (Å²) >= 11 is 1.76. The van der Waals surface area contributed by atoms with Crippen molar-refractivity contribution in [1.82, 2.24) is 5.32 Å². The van der Waals surface area contributed by atoms with Crippen molar-refractivity contribution in [2.24, 2.45) is 0 Å². The van der Waals surface area contributed by atoms with Crippen LogP contribution in [-0.2, 0) is 10.2 Å². The van der Waals surface area contributed by atoms with Gasteiger partial charge in [0.15, 0.2) is 0 Å². The average Bonchev–Trinajstić information content (AvgIpc) is 2.63. The van der Waals surface area contributed by atoms with Gasteiger partial charge in [-0.15, -0.1) is 12.4 Å². The molecule has 1 aliphatic rings. The lowest BCUT2D eigenvalue weighted by atomic mass is 9.69. The highest BCUT2D eigenvalue weighted by Crippen LogP contribution is 2.42. The maximum Gasteiger partial charge on any atom is 0.143 e. The fourth-order valence-corrected chi connectivity index (χ4v) is 4.52. The molecular formula is C20H24ClNOS. The Balaban J connectivity index is 0.00000208. The van der Waals surface area contributed by atoms with Crippen molar-refractivity contribution >= 4 is 30.0 Å². The normalized spacial score (nSPS) is 16.2. The number of rotatable bonds is 5. The van der Waals surface area contributed by atoms with Crippen LogP contribution in [0.15, 0.2) is 64.4 Å². The van der Waals surface area contributed by atoms with E-state index in [1.807, 2.05) is 13.0 Å². The molecule has 1 aliphatic heterocycles. The number of Topliss-reactive ketones (excluding diaryl/α,β-unsaturated/α-hetero) is 1. The lowest BCUT2D eigenvalue weighted by Crippen LogP contribution is -2.45. The van der Waals surface area contributed by atoms with Gasteiger partial charge in [-0.05, 0) is 49.7 Å². The third kappa shape index (κ3) is 3.85. The average molecular weight is 362 g/mol. The summed E-state index contributed by atoms with van der Waals surface area (Å²) in [6.45, 7) is 3.81. The number of ketones is 1. The smallest absolute Gasteiger partial charge is 0.143 e. The number of piperidine rings is 1. The van der Waals surface area contributed by atoms with Crippen LogP contribution in [0, 0.1) is 0 Å². The number of hydrogen-bond donors (Lipinski definition) is 1. The first-order valence-electron chi connectivity index (χ1n) is 8.33. The molecule has 0 atom stereocenters. The highest BCUT2D eigenvalue weighted by molar-refractivity contribution is 7.99. The number of hydrogen-bond acceptors (Lipinski definition) is 3. The largest absolute Gasteiger partial charge is 0.317 e. The molecule has 2 aromatic rings. The molecule has 1 heterocycles. The summed E-state index contributed by atoms with van der Waals surface area (Å²) in [6.07, 6.45) is 2.39. The minimum atomic E-state index is -0.321. The second kappa shape index (κ2) is 8.70. The predicted molar refractivity (Wildman–Crippen MR) is 103 cm³/mol. The number of halogens is 1. The zero-order chi connectivity index (χ0) is 16.1. The first-order chi connectivity index (χ1) is 11.3. The quantitative estimate of drug-likeness (QED) is 0.824. The van der Waals surface area contributed by atoms with E-state index in [1.165, 1.54) is 15.4 Å². The summed E-state index contributed by atoms with van der Waals surface area (Å²) in [4.78, 5) is 15.3. The van der Waals surface area contributed by atoms with Gasteiger partial charge in [0, 0.05) is 16.2 Å². The Morgan fingerprint density at radius 2 is 1.67 bits per heavy atom. The van der Waals surface area contributed by atoms with Gasteiger partial charge in [0.05, 0.1) is 5.41 Å². The summed E-state index contributed by atoms with van der Waals surface area (Å²) in [6, 6.07) is 18.8. The van der Waals surface area contributed by atoms with Crippen molar-refractivity contribution in [3.63, 3.8) is 0 Å². The monoisotopic (exact) mass is 361 g/mol. The molecule has 128 valence electrons. The van der Waals surface area contributed by atoms with Crippen LogP contribution in [0.2, 0.25) is 0 Å². The highest BCUT2D eigenvalue weighted by atomic mass is 35.5. The lowest BCUT2D eigenvalue weighted by Gasteiger charge is -2.37. The molecule has 24 heavy (non-hydrogen) atoms. The molecule has 1 saturated heterocycles. The standard InChI is InChI=1S/C20H23NOS.ClH/c1-2-19(22)20(12-14-21-15-13-20)17-10-6-7-11-18(17)23-16-8-4-3-5-9-16;/h3-11,21H,2,12-15H2,1H3;1H. The van der Waals surface area contributed by atoms with Crippen LogP contribution in [-0.4, -0.2) is 18.9 Å². The number of carbonyl (C=O) groups excluding carboxylic acids is 1. The Morgan fingerprint density at radius 1 is 1.04 bits per heavy atom. The Hall–Kier alpha value is -1.29. The van der Waals surface area contributed by atoms with Gasteiger partial charge in [-0.3, -0.25) is 4.79 Å². The van der Waals surface area contributed by atoms with Crippen molar-refractivity contribution in [3.05, 3.63) is 60.2 Å². The van der Waals surface area contributed by atoms with Gasteiger partial charge in [0.1, 0.15) is 5.78 Å². The van der Waals surface area contributed by atoms with E-state index in [2.05, 4.69) is 53.8 Å². The second-order valence-electron chi connectivity index (χ2n) is 6.02. The van der Waals surface area contributed by atoms with Gasteiger partial charge in [-0.25, -0.2) is 0 Å². The Morgan fingerprint density at radius 3 is 2.33 bits per heavy atom. The summed E-state index contributed by atoms with van der Waals surface area (Å²) in [5.74, 6) is 0.375. The van der Waals surface area contributed by atoms with Gasteiger partial charge < -0.3 is 5.32 Å². The van der Waals surface area contributed by atoms with Crippen molar-refractivity contribution < 1.29 is 4.79 Å². The number of nitrogens with one attached hydrogen (secondary N) is 1. The van der Waals surface area contributed by atoms with E-state index >= 15 is 0 Å². The van der Waals surface area contributed by atoms with E-state index < -0.39 is 0 Å². The molecule has 4 heteroatoms. The van der Waals surface area contributed by atoms with Crippen LogP contribution in [0.5, 0.6) is 0 Å². The third-order valence-electron chi connectivity index (χ3n) is 4.69. The molecule has 1 fully saturated rings. The van der Waals surface area contributed by atoms with Gasteiger partial charge >= 0.3 is 0 Å². The van der Waals surface area contributed by atoms with Crippen LogP contribution in [0.1, 0.15) is 31.7 Å².